The third-order valence-corrected chi connectivity index (χ3v) is 4.66. The highest BCUT2D eigenvalue weighted by atomic mass is 15.3. The number of unbranched alkanes of at least 4 members (excludes halogenated alkanes) is 1. The molecule has 24 heavy (non-hydrogen) atoms. The molecule has 1 heterocycles. The van der Waals surface area contributed by atoms with Crippen molar-refractivity contribution in [3.05, 3.63) is 0 Å². The molecule has 0 aliphatic carbocycles. The predicted octanol–water partition coefficient (Wildman–Crippen LogP) is 2.40. The number of nitrogens with zero attached hydrogens (tertiary/aromatic N) is 3. The van der Waals surface area contributed by atoms with E-state index in [1.165, 1.54) is 65.0 Å². The molecule has 0 amide bonds. The number of likely N-dealkylation sites (N-methyl/N-ethyl adjacent to an activating group) is 1. The van der Waals surface area contributed by atoms with Gasteiger partial charge in [-0.1, -0.05) is 20.8 Å². The van der Waals surface area contributed by atoms with Crippen molar-refractivity contribution in [2.45, 2.75) is 53.4 Å². The van der Waals surface area contributed by atoms with Gasteiger partial charge in [0.25, 0.3) is 0 Å². The highest BCUT2D eigenvalue weighted by molar-refractivity contribution is 5.79. The summed E-state index contributed by atoms with van der Waals surface area (Å²) >= 11 is 0. The number of piperazine rings is 1. The van der Waals surface area contributed by atoms with Crippen LogP contribution in [0.15, 0.2) is 4.99 Å². The second kappa shape index (κ2) is 13.5. The van der Waals surface area contributed by atoms with Gasteiger partial charge in [-0.3, -0.25) is 4.99 Å². The van der Waals surface area contributed by atoms with Crippen molar-refractivity contribution in [1.82, 2.24) is 20.4 Å². The van der Waals surface area contributed by atoms with E-state index in [1.807, 2.05) is 0 Å². The Morgan fingerprint density at radius 3 is 2.29 bits per heavy atom. The molecule has 0 radical (unpaired) electrons. The molecule has 5 nitrogen and oxygen atoms in total. The van der Waals surface area contributed by atoms with Gasteiger partial charge in [-0.25, -0.2) is 0 Å². The van der Waals surface area contributed by atoms with Gasteiger partial charge in [-0.15, -0.1) is 0 Å². The van der Waals surface area contributed by atoms with Gasteiger partial charge in [-0.05, 0) is 51.6 Å². The molecule has 2 N–H and O–H groups in total. The van der Waals surface area contributed by atoms with Crippen LogP contribution >= 0.6 is 0 Å². The molecule has 0 bridgehead atoms. The lowest BCUT2D eigenvalue weighted by Gasteiger charge is -2.34. The zero-order valence-electron chi connectivity index (χ0n) is 16.6. The van der Waals surface area contributed by atoms with Gasteiger partial charge in [0.2, 0.25) is 0 Å². The number of guanidine groups is 1. The Balaban J connectivity index is 2.09. The number of rotatable bonds is 11. The van der Waals surface area contributed by atoms with E-state index < -0.39 is 0 Å². The van der Waals surface area contributed by atoms with Crippen molar-refractivity contribution in [2.75, 3.05) is 58.9 Å². The maximum atomic E-state index is 4.67. The van der Waals surface area contributed by atoms with Crippen LogP contribution in [0, 0.1) is 5.92 Å². The van der Waals surface area contributed by atoms with Crippen molar-refractivity contribution in [2.24, 2.45) is 10.9 Å². The molecule has 0 aromatic carbocycles. The SMILES string of the molecule is CCNC(=NCCCC(C)C)NCCCCN1CCN(CC)CC1. The Labute approximate surface area is 150 Å². The summed E-state index contributed by atoms with van der Waals surface area (Å²) in [5, 5.41) is 6.82. The molecule has 142 valence electrons. The Morgan fingerprint density at radius 1 is 0.958 bits per heavy atom. The van der Waals surface area contributed by atoms with Crippen molar-refractivity contribution >= 4 is 5.96 Å². The van der Waals surface area contributed by atoms with Gasteiger partial charge in [0.1, 0.15) is 0 Å². The molecular weight excluding hydrogens is 298 g/mol. The van der Waals surface area contributed by atoms with Crippen LogP contribution in [0.1, 0.15) is 53.4 Å². The van der Waals surface area contributed by atoms with Gasteiger partial charge in [-0.2, -0.15) is 0 Å². The minimum atomic E-state index is 0.773. The lowest BCUT2D eigenvalue weighted by Crippen LogP contribution is -2.46. The van der Waals surface area contributed by atoms with E-state index in [4.69, 9.17) is 0 Å². The number of aliphatic imine (C=N–C) groups is 1. The summed E-state index contributed by atoms with van der Waals surface area (Å²) in [5.74, 6) is 1.76. The van der Waals surface area contributed by atoms with Crippen LogP contribution in [0.25, 0.3) is 0 Å². The van der Waals surface area contributed by atoms with Gasteiger partial charge >= 0.3 is 0 Å². The van der Waals surface area contributed by atoms with Crippen molar-refractivity contribution in [1.29, 1.82) is 0 Å². The summed E-state index contributed by atoms with van der Waals surface area (Å²) in [4.78, 5) is 9.82. The summed E-state index contributed by atoms with van der Waals surface area (Å²) in [7, 11) is 0. The maximum absolute atomic E-state index is 4.67. The van der Waals surface area contributed by atoms with E-state index >= 15 is 0 Å². The van der Waals surface area contributed by atoms with E-state index in [0.717, 1.165) is 31.5 Å². The van der Waals surface area contributed by atoms with Gasteiger partial charge in [0, 0.05) is 45.8 Å². The fraction of sp³-hybridized carbons (Fsp3) is 0.947. The topological polar surface area (TPSA) is 42.9 Å². The second-order valence-electron chi connectivity index (χ2n) is 7.21. The Morgan fingerprint density at radius 2 is 1.67 bits per heavy atom. The minimum Gasteiger partial charge on any atom is -0.357 e. The third-order valence-electron chi connectivity index (χ3n) is 4.66. The van der Waals surface area contributed by atoms with E-state index in [2.05, 4.69) is 53.1 Å². The minimum absolute atomic E-state index is 0.773. The monoisotopic (exact) mass is 339 g/mol. The predicted molar refractivity (Wildman–Crippen MR) is 106 cm³/mol. The molecule has 0 aromatic rings. The largest absolute Gasteiger partial charge is 0.357 e. The van der Waals surface area contributed by atoms with Crippen LogP contribution in [0.4, 0.5) is 0 Å². The number of nitrogens with one attached hydrogen (secondary N) is 2. The molecule has 1 rings (SSSR count). The van der Waals surface area contributed by atoms with Crippen LogP contribution in [0.5, 0.6) is 0 Å². The first-order valence-electron chi connectivity index (χ1n) is 10.1. The highest BCUT2D eigenvalue weighted by Crippen LogP contribution is 2.04. The fourth-order valence-corrected chi connectivity index (χ4v) is 3.03. The number of hydrogen-bond donors (Lipinski definition) is 2. The Kier molecular flexibility index (Phi) is 11.9. The maximum Gasteiger partial charge on any atom is 0.191 e. The van der Waals surface area contributed by atoms with Gasteiger partial charge < -0.3 is 20.4 Å². The van der Waals surface area contributed by atoms with E-state index in [0.29, 0.717) is 0 Å². The smallest absolute Gasteiger partial charge is 0.191 e. The third kappa shape index (κ3) is 10.1. The lowest BCUT2D eigenvalue weighted by atomic mass is 10.1. The fourth-order valence-electron chi connectivity index (χ4n) is 3.03. The highest BCUT2D eigenvalue weighted by Gasteiger charge is 2.14. The normalized spacial score (nSPS) is 17.5. The summed E-state index contributed by atoms with van der Waals surface area (Å²) < 4.78 is 0. The average molecular weight is 340 g/mol. The van der Waals surface area contributed by atoms with Crippen molar-refractivity contribution < 1.29 is 0 Å². The van der Waals surface area contributed by atoms with E-state index in [1.54, 1.807) is 0 Å². The first-order valence-corrected chi connectivity index (χ1v) is 10.1. The first kappa shape index (κ1) is 21.2. The summed E-state index contributed by atoms with van der Waals surface area (Å²) in [6.45, 7) is 19.2. The molecular formula is C19H41N5. The molecule has 0 unspecified atom stereocenters. The first-order chi connectivity index (χ1) is 11.7. The van der Waals surface area contributed by atoms with Gasteiger partial charge in [0.15, 0.2) is 5.96 Å². The van der Waals surface area contributed by atoms with E-state index in [9.17, 15) is 0 Å². The lowest BCUT2D eigenvalue weighted by molar-refractivity contribution is 0.136. The van der Waals surface area contributed by atoms with Crippen LogP contribution in [-0.4, -0.2) is 74.7 Å². The van der Waals surface area contributed by atoms with E-state index in [-0.39, 0.29) is 0 Å². The quantitative estimate of drug-likeness (QED) is 0.345. The van der Waals surface area contributed by atoms with Gasteiger partial charge in [0.05, 0.1) is 0 Å². The van der Waals surface area contributed by atoms with Crippen LogP contribution in [-0.2, 0) is 0 Å². The molecule has 1 fully saturated rings. The van der Waals surface area contributed by atoms with Crippen molar-refractivity contribution in [3.8, 4) is 0 Å². The molecule has 5 heteroatoms. The molecule has 0 spiro atoms. The summed E-state index contributed by atoms with van der Waals surface area (Å²) in [6.07, 6.45) is 4.92. The Hall–Kier alpha value is -0.810. The molecule has 1 aliphatic heterocycles. The zero-order valence-corrected chi connectivity index (χ0v) is 16.6. The summed E-state index contributed by atoms with van der Waals surface area (Å²) in [5.41, 5.74) is 0. The van der Waals surface area contributed by atoms with Crippen LogP contribution in [0.3, 0.4) is 0 Å². The molecule has 1 aliphatic rings. The van der Waals surface area contributed by atoms with Crippen LogP contribution < -0.4 is 10.6 Å². The van der Waals surface area contributed by atoms with Crippen molar-refractivity contribution in [3.63, 3.8) is 0 Å². The number of hydrogen-bond acceptors (Lipinski definition) is 3. The molecule has 0 aromatic heterocycles. The zero-order chi connectivity index (χ0) is 17.6. The standard InChI is InChI=1S/C19H41N5/c1-5-20-19(22-12-9-10-18(3)4)21-11-7-8-13-24-16-14-23(6-2)15-17-24/h18H,5-17H2,1-4H3,(H2,20,21,22). The molecule has 0 atom stereocenters. The van der Waals surface area contributed by atoms with Crippen LogP contribution in [0.2, 0.25) is 0 Å². The molecule has 0 saturated carbocycles. The average Bonchev–Trinajstić information content (AvgIpc) is 2.58. The molecule has 1 saturated heterocycles. The summed E-state index contributed by atoms with van der Waals surface area (Å²) in [6, 6.07) is 0. The Bertz CT molecular complexity index is 322. The second-order valence-corrected chi connectivity index (χ2v) is 7.21.